The summed E-state index contributed by atoms with van der Waals surface area (Å²) in [5.74, 6) is 3.19. The van der Waals surface area contributed by atoms with Gasteiger partial charge in [0.2, 0.25) is 0 Å². The highest BCUT2D eigenvalue weighted by Gasteiger charge is 2.47. The number of hydrogen-bond acceptors (Lipinski definition) is 5. The maximum absolute atomic E-state index is 7.62. The van der Waals surface area contributed by atoms with E-state index in [4.69, 9.17) is 9.47 Å². The van der Waals surface area contributed by atoms with Gasteiger partial charge >= 0.3 is 0 Å². The van der Waals surface area contributed by atoms with Crippen LogP contribution in [0.1, 0.15) is 52.7 Å². The van der Waals surface area contributed by atoms with E-state index >= 15 is 0 Å². The molecule has 420 valence electrons. The normalized spacial score (nSPS) is 13.4. The Morgan fingerprint density at radius 2 is 0.807 bits per heavy atom. The lowest BCUT2D eigenvalue weighted by atomic mass is 9.31. The van der Waals surface area contributed by atoms with Gasteiger partial charge in [0.1, 0.15) is 23.0 Å². The Labute approximate surface area is 515 Å². The van der Waals surface area contributed by atoms with Gasteiger partial charge in [-0.2, -0.15) is 0 Å². The van der Waals surface area contributed by atoms with Crippen molar-refractivity contribution in [3.05, 3.63) is 278 Å². The van der Waals surface area contributed by atoms with Crippen LogP contribution in [-0.2, 0) is 10.8 Å². The fraction of sp³-hybridized carbons (Fsp3) is 0.100. The second-order valence-electron chi connectivity index (χ2n) is 26.1. The Morgan fingerprint density at radius 1 is 0.341 bits per heavy atom. The lowest BCUT2D eigenvalue weighted by Crippen LogP contribution is -2.63. The molecule has 8 heteroatoms. The highest BCUT2D eigenvalue weighted by molar-refractivity contribution is 7.02. The van der Waals surface area contributed by atoms with Gasteiger partial charge in [0, 0.05) is 74.3 Å². The standard InChI is InChI=1S/C80H62B2N4O2/c1-79(2,3)52-39-41-67-60(43-52)61-44-53(80(4,5)6)40-42-68(61)86(67)58-46-72-78-76(48-58)88-74-50-73-64(49-65(74)82(78)63-35-21-24-38-70(63)85(72)56-31-17-10-18-32-56)81-62-34-20-23-37-69(62)84(55-29-15-9-16-30-55)71-45-57(47-75(87-73)77(71)81)83(54-27-13-8-14-28-54)66-36-22-19-33-59(66)51-25-11-7-12-26-51/h7-50H,1-6H3. The number of para-hydroxylation sites is 6. The van der Waals surface area contributed by atoms with E-state index in [0.717, 1.165) is 124 Å². The minimum Gasteiger partial charge on any atom is -0.458 e. The van der Waals surface area contributed by atoms with Crippen LogP contribution in [0.3, 0.4) is 0 Å². The molecule has 12 aromatic carbocycles. The van der Waals surface area contributed by atoms with Crippen LogP contribution in [0.15, 0.2) is 267 Å². The van der Waals surface area contributed by atoms with Crippen molar-refractivity contribution in [3.8, 4) is 39.8 Å². The molecule has 0 N–H and O–H groups in total. The first-order chi connectivity index (χ1) is 42.9. The van der Waals surface area contributed by atoms with Crippen molar-refractivity contribution in [1.29, 1.82) is 0 Å². The Hall–Kier alpha value is -10.4. The van der Waals surface area contributed by atoms with Crippen molar-refractivity contribution in [2.45, 2.75) is 52.4 Å². The average molecular weight is 1130 g/mol. The number of anilines is 9. The van der Waals surface area contributed by atoms with E-state index in [1.807, 2.05) is 0 Å². The molecule has 5 heterocycles. The summed E-state index contributed by atoms with van der Waals surface area (Å²) >= 11 is 0. The summed E-state index contributed by atoms with van der Waals surface area (Å²) in [7, 11) is 0. The van der Waals surface area contributed by atoms with Gasteiger partial charge in [-0.15, -0.1) is 0 Å². The monoisotopic (exact) mass is 1130 g/mol. The first kappa shape index (κ1) is 51.9. The number of nitrogens with zero attached hydrogens (tertiary/aromatic N) is 4. The van der Waals surface area contributed by atoms with Crippen molar-refractivity contribution in [2.75, 3.05) is 14.7 Å². The number of benzene rings is 12. The average Bonchev–Trinajstić information content (AvgIpc) is 1.12. The molecule has 0 bridgehead atoms. The molecule has 6 nitrogen and oxygen atoms in total. The SMILES string of the molecule is CC(C)(C)c1ccc2c(c1)c1cc(C(C)(C)C)ccc1n2-c1cc2c3c(c1)N(c1ccccc1)c1ccccc1B3c1cc3c(cc1O2)Oc1cc(N(c2ccccc2)c2ccccc2-c2ccccc2)cc2c1B3c1ccccc1N2c1ccccc1. The summed E-state index contributed by atoms with van der Waals surface area (Å²) in [6.07, 6.45) is 0. The third-order valence-corrected chi connectivity index (χ3v) is 18.7. The Kier molecular flexibility index (Phi) is 11.5. The zero-order valence-corrected chi connectivity index (χ0v) is 50.2. The van der Waals surface area contributed by atoms with Crippen LogP contribution in [0, 0.1) is 0 Å². The van der Waals surface area contributed by atoms with Crippen molar-refractivity contribution in [3.63, 3.8) is 0 Å². The Bertz CT molecular complexity index is 4900. The molecule has 0 amide bonds. The number of fused-ring (bicyclic) bond motifs is 11. The van der Waals surface area contributed by atoms with E-state index in [-0.39, 0.29) is 24.3 Å². The second kappa shape index (κ2) is 19.5. The first-order valence-corrected chi connectivity index (χ1v) is 30.8. The van der Waals surface area contributed by atoms with Gasteiger partial charge in [-0.25, -0.2) is 0 Å². The summed E-state index contributed by atoms with van der Waals surface area (Å²) in [6, 6.07) is 97.9. The highest BCUT2D eigenvalue weighted by Crippen LogP contribution is 2.50. The van der Waals surface area contributed by atoms with E-state index in [1.54, 1.807) is 0 Å². The lowest BCUT2D eigenvalue weighted by molar-refractivity contribution is 0.465. The van der Waals surface area contributed by atoms with Gasteiger partial charge < -0.3 is 28.7 Å². The summed E-state index contributed by atoms with van der Waals surface area (Å²) in [6.45, 7) is 13.5. The molecule has 13 aromatic rings. The molecule has 0 unspecified atom stereocenters. The van der Waals surface area contributed by atoms with Crippen molar-refractivity contribution < 1.29 is 9.47 Å². The summed E-state index contributed by atoms with van der Waals surface area (Å²) in [5.41, 5.74) is 24.7. The number of rotatable bonds is 7. The van der Waals surface area contributed by atoms with Gasteiger partial charge in [0.25, 0.3) is 13.4 Å². The summed E-state index contributed by atoms with van der Waals surface area (Å²) in [5, 5.41) is 2.49. The number of aromatic nitrogens is 1. The summed E-state index contributed by atoms with van der Waals surface area (Å²) < 4.78 is 17.7. The van der Waals surface area contributed by atoms with Crippen molar-refractivity contribution in [2.24, 2.45) is 0 Å². The molecule has 4 aliphatic rings. The fourth-order valence-corrected chi connectivity index (χ4v) is 14.6. The quantitative estimate of drug-likeness (QED) is 0.149. The molecule has 88 heavy (non-hydrogen) atoms. The molecular formula is C80H62B2N4O2. The fourth-order valence-electron chi connectivity index (χ4n) is 14.6. The summed E-state index contributed by atoms with van der Waals surface area (Å²) in [4.78, 5) is 7.29. The maximum Gasteiger partial charge on any atom is 0.256 e. The van der Waals surface area contributed by atoms with Crippen LogP contribution in [0.2, 0.25) is 0 Å². The molecule has 0 aliphatic carbocycles. The van der Waals surface area contributed by atoms with E-state index < -0.39 is 0 Å². The van der Waals surface area contributed by atoms with Gasteiger partial charge in [-0.3, -0.25) is 0 Å². The van der Waals surface area contributed by atoms with E-state index in [9.17, 15) is 0 Å². The molecule has 17 rings (SSSR count). The van der Waals surface area contributed by atoms with E-state index in [1.165, 1.54) is 32.8 Å². The molecule has 4 aliphatic heterocycles. The van der Waals surface area contributed by atoms with Gasteiger partial charge in [-0.05, 0) is 151 Å². The molecule has 0 fully saturated rings. The van der Waals surface area contributed by atoms with Crippen LogP contribution < -0.4 is 57.0 Å². The predicted octanol–water partition coefficient (Wildman–Crippen LogP) is 17.3. The Balaban J connectivity index is 0.901. The topological polar surface area (TPSA) is 33.1 Å². The van der Waals surface area contributed by atoms with E-state index in [2.05, 4.69) is 328 Å². The molecule has 0 saturated carbocycles. The molecule has 0 spiro atoms. The number of hydrogen-bond donors (Lipinski definition) is 0. The van der Waals surface area contributed by atoms with Gasteiger partial charge in [-0.1, -0.05) is 199 Å². The third kappa shape index (κ3) is 8.04. The van der Waals surface area contributed by atoms with Crippen LogP contribution >= 0.6 is 0 Å². The highest BCUT2D eigenvalue weighted by atomic mass is 16.5. The third-order valence-electron chi connectivity index (χ3n) is 18.7. The zero-order chi connectivity index (χ0) is 59.2. The minimum atomic E-state index is -0.179. The molecule has 0 saturated heterocycles. The van der Waals surface area contributed by atoms with Gasteiger partial charge in [0.05, 0.1) is 28.1 Å². The first-order valence-electron chi connectivity index (χ1n) is 30.8. The molecule has 0 atom stereocenters. The van der Waals surface area contributed by atoms with Crippen LogP contribution in [0.4, 0.5) is 51.2 Å². The molecule has 0 radical (unpaired) electrons. The Morgan fingerprint density at radius 3 is 1.35 bits per heavy atom. The second-order valence-corrected chi connectivity index (χ2v) is 26.1. The number of ether oxygens (including phenoxy) is 2. The maximum atomic E-state index is 7.62. The molecular weight excluding hydrogens is 1070 g/mol. The minimum absolute atomic E-state index is 0.0320. The van der Waals surface area contributed by atoms with Crippen LogP contribution in [-0.4, -0.2) is 18.0 Å². The van der Waals surface area contributed by atoms with Crippen molar-refractivity contribution in [1.82, 2.24) is 4.57 Å². The van der Waals surface area contributed by atoms with E-state index in [0.29, 0.717) is 0 Å². The van der Waals surface area contributed by atoms with Crippen LogP contribution in [0.25, 0.3) is 38.6 Å². The largest absolute Gasteiger partial charge is 0.458 e. The predicted molar refractivity (Wildman–Crippen MR) is 370 cm³/mol. The smallest absolute Gasteiger partial charge is 0.256 e. The van der Waals surface area contributed by atoms with Crippen molar-refractivity contribution >= 4 is 119 Å². The zero-order valence-electron chi connectivity index (χ0n) is 50.2. The molecule has 1 aromatic heterocycles. The van der Waals surface area contributed by atoms with Gasteiger partial charge in [0.15, 0.2) is 0 Å². The van der Waals surface area contributed by atoms with Crippen LogP contribution in [0.5, 0.6) is 23.0 Å². The lowest BCUT2D eigenvalue weighted by Gasteiger charge is -2.42.